The minimum Gasteiger partial charge on any atom is -0.493 e. The van der Waals surface area contributed by atoms with Gasteiger partial charge < -0.3 is 15.8 Å². The molecular formula is C17H23IN4OS. The Bertz CT molecular complexity index is 716. The van der Waals surface area contributed by atoms with Crippen molar-refractivity contribution in [2.45, 2.75) is 32.7 Å². The van der Waals surface area contributed by atoms with E-state index in [1.807, 2.05) is 32.0 Å². The summed E-state index contributed by atoms with van der Waals surface area (Å²) in [6.45, 7) is 5.44. The second-order valence-electron chi connectivity index (χ2n) is 5.63. The highest BCUT2D eigenvalue weighted by Crippen LogP contribution is 2.31. The minimum absolute atomic E-state index is 0. The fourth-order valence-corrected chi connectivity index (χ4v) is 3.73. The zero-order valence-electron chi connectivity index (χ0n) is 13.9. The standard InChI is InChI=1S/C17H22N4OS.HI/c1-11-16(23-12(2)20-11)7-9-19-17(18)21-14-8-10-22-15-6-4-3-5-13(14)15;/h3-6,14H,7-10H2,1-2H3,(H3,18,19,21);1H. The van der Waals surface area contributed by atoms with Gasteiger partial charge in [-0.05, 0) is 19.9 Å². The summed E-state index contributed by atoms with van der Waals surface area (Å²) in [4.78, 5) is 10.2. The third-order valence-corrected chi connectivity index (χ3v) is 5.03. The molecule has 3 rings (SSSR count). The van der Waals surface area contributed by atoms with E-state index in [0.29, 0.717) is 19.1 Å². The Morgan fingerprint density at radius 1 is 1.42 bits per heavy atom. The number of nitrogens with two attached hydrogens (primary N) is 1. The van der Waals surface area contributed by atoms with E-state index in [-0.39, 0.29) is 30.0 Å². The first-order valence-electron chi connectivity index (χ1n) is 7.84. The second-order valence-corrected chi connectivity index (χ2v) is 6.92. The van der Waals surface area contributed by atoms with Crippen molar-refractivity contribution in [1.82, 2.24) is 10.3 Å². The van der Waals surface area contributed by atoms with Gasteiger partial charge in [-0.15, -0.1) is 35.3 Å². The zero-order chi connectivity index (χ0) is 16.2. The molecule has 1 aromatic carbocycles. The summed E-state index contributed by atoms with van der Waals surface area (Å²) < 4.78 is 5.66. The molecule has 0 radical (unpaired) electrons. The highest BCUT2D eigenvalue weighted by molar-refractivity contribution is 14.0. The number of aryl methyl sites for hydroxylation is 2. The van der Waals surface area contributed by atoms with Crippen LogP contribution in [0.2, 0.25) is 0 Å². The molecule has 2 aromatic rings. The lowest BCUT2D eigenvalue weighted by molar-refractivity contribution is 0.262. The second kappa shape index (κ2) is 8.66. The van der Waals surface area contributed by atoms with E-state index in [9.17, 15) is 0 Å². The summed E-state index contributed by atoms with van der Waals surface area (Å²) >= 11 is 1.73. The van der Waals surface area contributed by atoms with Crippen molar-refractivity contribution >= 4 is 41.3 Å². The van der Waals surface area contributed by atoms with Crippen LogP contribution in [0.4, 0.5) is 0 Å². The molecule has 130 valence electrons. The van der Waals surface area contributed by atoms with Gasteiger partial charge in [0.2, 0.25) is 0 Å². The Balaban J connectivity index is 0.00000208. The topological polar surface area (TPSA) is 72.5 Å². The molecule has 0 saturated heterocycles. The third kappa shape index (κ3) is 4.60. The van der Waals surface area contributed by atoms with Gasteiger partial charge >= 0.3 is 0 Å². The number of para-hydroxylation sites is 1. The number of rotatable bonds is 4. The molecular weight excluding hydrogens is 435 g/mol. The summed E-state index contributed by atoms with van der Waals surface area (Å²) in [5.74, 6) is 1.42. The maximum absolute atomic E-state index is 6.05. The van der Waals surface area contributed by atoms with Gasteiger partial charge in [0.05, 0.1) is 23.4 Å². The van der Waals surface area contributed by atoms with E-state index in [2.05, 4.69) is 21.4 Å². The smallest absolute Gasteiger partial charge is 0.189 e. The van der Waals surface area contributed by atoms with Crippen LogP contribution < -0.4 is 15.8 Å². The number of ether oxygens (including phenoxy) is 1. The SMILES string of the molecule is Cc1nc(C)c(CCN=C(N)NC2CCOc3ccccc32)s1.I. The summed E-state index contributed by atoms with van der Waals surface area (Å²) in [5, 5.41) is 4.42. The Morgan fingerprint density at radius 3 is 2.96 bits per heavy atom. The molecule has 7 heteroatoms. The molecule has 1 aromatic heterocycles. The molecule has 3 N–H and O–H groups in total. The molecule has 2 heterocycles. The summed E-state index contributed by atoms with van der Waals surface area (Å²) in [5.41, 5.74) is 8.30. The molecule has 24 heavy (non-hydrogen) atoms. The molecule has 0 amide bonds. The number of hydrogen-bond donors (Lipinski definition) is 2. The minimum atomic E-state index is 0. The number of nitrogens with one attached hydrogen (secondary N) is 1. The van der Waals surface area contributed by atoms with Gasteiger partial charge in [0.1, 0.15) is 5.75 Å². The predicted octanol–water partition coefficient (Wildman–Crippen LogP) is 3.35. The molecule has 0 spiro atoms. The van der Waals surface area contributed by atoms with Crippen LogP contribution in [0.3, 0.4) is 0 Å². The number of benzene rings is 1. The van der Waals surface area contributed by atoms with Gasteiger partial charge in [-0.3, -0.25) is 4.99 Å². The van der Waals surface area contributed by atoms with Crippen LogP contribution in [0.25, 0.3) is 0 Å². The Labute approximate surface area is 163 Å². The van der Waals surface area contributed by atoms with Crippen molar-refractivity contribution in [2.75, 3.05) is 13.2 Å². The van der Waals surface area contributed by atoms with Crippen LogP contribution in [0.5, 0.6) is 5.75 Å². The van der Waals surface area contributed by atoms with Crippen molar-refractivity contribution < 1.29 is 4.74 Å². The van der Waals surface area contributed by atoms with E-state index in [1.54, 1.807) is 11.3 Å². The number of hydrogen-bond acceptors (Lipinski definition) is 4. The maximum atomic E-state index is 6.05. The maximum Gasteiger partial charge on any atom is 0.189 e. The van der Waals surface area contributed by atoms with Gasteiger partial charge in [-0.2, -0.15) is 0 Å². The number of halogens is 1. The molecule has 0 fully saturated rings. The Kier molecular flexibility index (Phi) is 6.85. The van der Waals surface area contributed by atoms with Gasteiger partial charge in [0, 0.05) is 29.8 Å². The number of aromatic nitrogens is 1. The van der Waals surface area contributed by atoms with Crippen molar-refractivity contribution in [3.05, 3.63) is 45.4 Å². The number of nitrogens with zero attached hydrogens (tertiary/aromatic N) is 2. The average molecular weight is 458 g/mol. The van der Waals surface area contributed by atoms with Crippen LogP contribution in [-0.2, 0) is 6.42 Å². The highest BCUT2D eigenvalue weighted by Gasteiger charge is 2.21. The number of aliphatic imine (C=N–C) groups is 1. The lowest BCUT2D eigenvalue weighted by Gasteiger charge is -2.26. The Hall–Kier alpha value is -1.35. The van der Waals surface area contributed by atoms with E-state index < -0.39 is 0 Å². The van der Waals surface area contributed by atoms with Crippen molar-refractivity contribution in [3.63, 3.8) is 0 Å². The first kappa shape index (κ1) is 19.0. The highest BCUT2D eigenvalue weighted by atomic mass is 127. The van der Waals surface area contributed by atoms with Crippen LogP contribution in [0, 0.1) is 13.8 Å². The van der Waals surface area contributed by atoms with E-state index in [1.165, 1.54) is 4.88 Å². The molecule has 1 aliphatic heterocycles. The van der Waals surface area contributed by atoms with Gasteiger partial charge in [0.25, 0.3) is 0 Å². The zero-order valence-corrected chi connectivity index (χ0v) is 17.1. The molecule has 1 aliphatic rings. The molecule has 1 atom stereocenters. The quantitative estimate of drug-likeness (QED) is 0.419. The van der Waals surface area contributed by atoms with Crippen LogP contribution >= 0.6 is 35.3 Å². The molecule has 0 saturated carbocycles. The average Bonchev–Trinajstić information content (AvgIpc) is 2.85. The molecule has 0 bridgehead atoms. The Morgan fingerprint density at radius 2 is 2.21 bits per heavy atom. The van der Waals surface area contributed by atoms with Crippen LogP contribution in [0.15, 0.2) is 29.3 Å². The molecule has 1 unspecified atom stereocenters. The lowest BCUT2D eigenvalue weighted by atomic mass is 10.0. The third-order valence-electron chi connectivity index (χ3n) is 3.90. The number of thiazole rings is 1. The summed E-state index contributed by atoms with van der Waals surface area (Å²) in [6.07, 6.45) is 1.77. The summed E-state index contributed by atoms with van der Waals surface area (Å²) in [7, 11) is 0. The van der Waals surface area contributed by atoms with Crippen LogP contribution in [-0.4, -0.2) is 24.1 Å². The first-order valence-corrected chi connectivity index (χ1v) is 8.66. The van der Waals surface area contributed by atoms with Gasteiger partial charge in [-0.25, -0.2) is 4.98 Å². The van der Waals surface area contributed by atoms with Crippen LogP contribution in [0.1, 0.15) is 33.6 Å². The monoisotopic (exact) mass is 458 g/mol. The van der Waals surface area contributed by atoms with Crippen molar-refractivity contribution in [1.29, 1.82) is 0 Å². The van der Waals surface area contributed by atoms with E-state index in [0.717, 1.165) is 34.9 Å². The lowest BCUT2D eigenvalue weighted by Crippen LogP contribution is -2.37. The van der Waals surface area contributed by atoms with Gasteiger partial charge in [-0.1, -0.05) is 18.2 Å². The van der Waals surface area contributed by atoms with Crippen molar-refractivity contribution in [2.24, 2.45) is 10.7 Å². The first-order chi connectivity index (χ1) is 11.1. The predicted molar refractivity (Wildman–Crippen MR) is 110 cm³/mol. The fourth-order valence-electron chi connectivity index (χ4n) is 2.80. The van der Waals surface area contributed by atoms with Crippen molar-refractivity contribution in [3.8, 4) is 5.75 Å². The molecule has 5 nitrogen and oxygen atoms in total. The molecule has 0 aliphatic carbocycles. The van der Waals surface area contributed by atoms with E-state index >= 15 is 0 Å². The largest absolute Gasteiger partial charge is 0.493 e. The fraction of sp³-hybridized carbons (Fsp3) is 0.412. The summed E-state index contributed by atoms with van der Waals surface area (Å²) in [6, 6.07) is 8.23. The normalized spacial score (nSPS) is 16.8. The number of guanidine groups is 1. The number of fused-ring (bicyclic) bond motifs is 1. The van der Waals surface area contributed by atoms with Gasteiger partial charge in [0.15, 0.2) is 5.96 Å². The van der Waals surface area contributed by atoms with E-state index in [4.69, 9.17) is 10.5 Å².